The van der Waals surface area contributed by atoms with E-state index in [1.165, 1.54) is 0 Å². The minimum atomic E-state index is -0.943. The van der Waals surface area contributed by atoms with Crippen molar-refractivity contribution in [2.45, 2.75) is 45.9 Å². The highest BCUT2D eigenvalue weighted by molar-refractivity contribution is 6.45. The largest absolute Gasteiger partial charge is 0.372 e. The number of nitrogens with zero attached hydrogens (tertiary/aromatic N) is 3. The van der Waals surface area contributed by atoms with Crippen LogP contribution in [-0.2, 0) is 19.1 Å². The summed E-state index contributed by atoms with van der Waals surface area (Å²) in [6.45, 7) is 7.38. The zero-order valence-electron chi connectivity index (χ0n) is 13.2. The molecule has 2 aliphatic rings. The van der Waals surface area contributed by atoms with E-state index in [0.29, 0.717) is 13.1 Å². The van der Waals surface area contributed by atoms with Crippen LogP contribution in [0.15, 0.2) is 0 Å². The molecule has 2 rings (SSSR count). The first kappa shape index (κ1) is 16.4. The second-order valence-corrected chi connectivity index (χ2v) is 6.00. The molecule has 2 saturated heterocycles. The third-order valence-electron chi connectivity index (χ3n) is 3.67. The fourth-order valence-corrected chi connectivity index (χ4v) is 2.73. The lowest BCUT2D eigenvalue weighted by molar-refractivity contribution is -0.148. The van der Waals surface area contributed by atoms with Gasteiger partial charge in [-0.1, -0.05) is 0 Å². The smallest absolute Gasteiger partial charge is 0.334 e. The average molecular weight is 311 g/mol. The van der Waals surface area contributed by atoms with E-state index >= 15 is 0 Å². The molecular formula is C14H21N3O5. The van der Waals surface area contributed by atoms with Crippen LogP contribution in [0.2, 0.25) is 0 Å². The Morgan fingerprint density at radius 2 is 1.68 bits per heavy atom. The van der Waals surface area contributed by atoms with Gasteiger partial charge in [0.25, 0.3) is 0 Å². The summed E-state index contributed by atoms with van der Waals surface area (Å²) < 4.78 is 5.54. The van der Waals surface area contributed by atoms with E-state index < -0.39 is 30.4 Å². The van der Waals surface area contributed by atoms with Crippen molar-refractivity contribution in [3.63, 3.8) is 0 Å². The molecule has 0 aromatic rings. The zero-order chi connectivity index (χ0) is 16.6. The van der Waals surface area contributed by atoms with Gasteiger partial charge in [0.05, 0.1) is 12.2 Å². The Labute approximate surface area is 129 Å². The van der Waals surface area contributed by atoms with Gasteiger partial charge in [0, 0.05) is 19.1 Å². The van der Waals surface area contributed by atoms with Gasteiger partial charge in [-0.2, -0.15) is 0 Å². The maximum Gasteiger partial charge on any atom is 0.334 e. The number of imide groups is 2. The fraction of sp³-hybridized carbons (Fsp3) is 0.714. The molecule has 0 unspecified atom stereocenters. The Morgan fingerprint density at radius 1 is 1.14 bits per heavy atom. The number of carbonyl (C=O) groups excluding carboxylic acids is 4. The van der Waals surface area contributed by atoms with Crippen molar-refractivity contribution in [3.05, 3.63) is 0 Å². The van der Waals surface area contributed by atoms with Gasteiger partial charge in [-0.15, -0.1) is 0 Å². The van der Waals surface area contributed by atoms with Crippen LogP contribution in [0.1, 0.15) is 27.7 Å². The highest BCUT2D eigenvalue weighted by Crippen LogP contribution is 2.17. The molecule has 2 atom stereocenters. The summed E-state index contributed by atoms with van der Waals surface area (Å²) in [5.74, 6) is -2.18. The fourth-order valence-electron chi connectivity index (χ4n) is 2.73. The van der Waals surface area contributed by atoms with Gasteiger partial charge < -0.3 is 9.64 Å². The minimum absolute atomic E-state index is 0.105. The van der Waals surface area contributed by atoms with Gasteiger partial charge in [0.2, 0.25) is 5.91 Å². The molecule has 2 heterocycles. The van der Waals surface area contributed by atoms with Crippen molar-refractivity contribution < 1.29 is 23.9 Å². The molecule has 8 nitrogen and oxygen atoms in total. The van der Waals surface area contributed by atoms with Crippen LogP contribution in [0.5, 0.6) is 0 Å². The van der Waals surface area contributed by atoms with Gasteiger partial charge in [0.1, 0.15) is 6.54 Å². The van der Waals surface area contributed by atoms with E-state index in [4.69, 9.17) is 4.74 Å². The monoisotopic (exact) mass is 311 g/mol. The first-order chi connectivity index (χ1) is 10.2. The van der Waals surface area contributed by atoms with Gasteiger partial charge in [0.15, 0.2) is 0 Å². The normalized spacial score (nSPS) is 26.4. The molecular weight excluding hydrogens is 290 g/mol. The molecule has 0 spiro atoms. The van der Waals surface area contributed by atoms with E-state index in [1.54, 1.807) is 18.7 Å². The van der Waals surface area contributed by atoms with Crippen LogP contribution in [0, 0.1) is 0 Å². The maximum absolute atomic E-state index is 12.3. The van der Waals surface area contributed by atoms with Crippen molar-refractivity contribution in [2.75, 3.05) is 19.6 Å². The first-order valence-corrected chi connectivity index (χ1v) is 7.34. The Kier molecular flexibility index (Phi) is 4.50. The van der Waals surface area contributed by atoms with Gasteiger partial charge in [-0.25, -0.2) is 9.69 Å². The van der Waals surface area contributed by atoms with E-state index in [9.17, 15) is 19.2 Å². The average Bonchev–Trinajstić information content (AvgIpc) is 2.61. The highest BCUT2D eigenvalue weighted by atomic mass is 16.5. The summed E-state index contributed by atoms with van der Waals surface area (Å²) in [5.41, 5.74) is 0. The van der Waals surface area contributed by atoms with Crippen LogP contribution in [0.25, 0.3) is 0 Å². The number of carbonyl (C=O) groups is 4. The molecule has 0 N–H and O–H groups in total. The van der Waals surface area contributed by atoms with E-state index in [-0.39, 0.29) is 18.1 Å². The molecule has 122 valence electrons. The van der Waals surface area contributed by atoms with Gasteiger partial charge in [-0.05, 0) is 27.7 Å². The molecule has 22 heavy (non-hydrogen) atoms. The third kappa shape index (κ3) is 2.96. The molecule has 0 aromatic carbocycles. The van der Waals surface area contributed by atoms with Crippen molar-refractivity contribution in [2.24, 2.45) is 0 Å². The Balaban J connectivity index is 2.07. The highest BCUT2D eigenvalue weighted by Gasteiger charge is 2.46. The number of morpholine rings is 1. The Bertz CT molecular complexity index is 509. The number of ether oxygens (including phenoxy) is 1. The summed E-state index contributed by atoms with van der Waals surface area (Å²) >= 11 is 0. The molecule has 0 aromatic heterocycles. The van der Waals surface area contributed by atoms with E-state index in [0.717, 1.165) is 9.80 Å². The Morgan fingerprint density at radius 3 is 2.14 bits per heavy atom. The summed E-state index contributed by atoms with van der Waals surface area (Å²) in [6, 6.07) is -1.15. The molecule has 2 fully saturated rings. The predicted octanol–water partition coefficient (Wildman–Crippen LogP) is -0.179. The first-order valence-electron chi connectivity index (χ1n) is 7.34. The number of rotatable bonds is 3. The molecule has 0 radical (unpaired) electrons. The van der Waals surface area contributed by atoms with Gasteiger partial charge >= 0.3 is 17.8 Å². The van der Waals surface area contributed by atoms with Crippen molar-refractivity contribution >= 4 is 23.8 Å². The van der Waals surface area contributed by atoms with Crippen molar-refractivity contribution in [1.29, 1.82) is 0 Å². The van der Waals surface area contributed by atoms with Crippen LogP contribution >= 0.6 is 0 Å². The predicted molar refractivity (Wildman–Crippen MR) is 75.7 cm³/mol. The minimum Gasteiger partial charge on any atom is -0.372 e. The maximum atomic E-state index is 12.3. The quantitative estimate of drug-likeness (QED) is 0.533. The topological polar surface area (TPSA) is 87.2 Å². The van der Waals surface area contributed by atoms with Crippen LogP contribution in [0.4, 0.5) is 4.79 Å². The second-order valence-electron chi connectivity index (χ2n) is 6.00. The van der Waals surface area contributed by atoms with E-state index in [2.05, 4.69) is 0 Å². The number of urea groups is 1. The van der Waals surface area contributed by atoms with Crippen molar-refractivity contribution in [1.82, 2.24) is 14.7 Å². The molecule has 2 aliphatic heterocycles. The standard InChI is InChI=1S/C14H21N3O5/c1-8(2)17-13(20)12(19)16(14(17)21)7-11(18)15-5-9(3)22-10(4)6-15/h8-10H,5-7H2,1-4H3/t9-,10-/m0/s1. The Hall–Kier alpha value is -1.96. The molecule has 5 amide bonds. The van der Waals surface area contributed by atoms with Crippen molar-refractivity contribution in [3.8, 4) is 0 Å². The third-order valence-corrected chi connectivity index (χ3v) is 3.67. The lowest BCUT2D eigenvalue weighted by Gasteiger charge is -2.35. The molecule has 0 bridgehead atoms. The lowest BCUT2D eigenvalue weighted by atomic mass is 10.2. The van der Waals surface area contributed by atoms with Crippen LogP contribution in [-0.4, -0.2) is 76.3 Å². The number of hydrogen-bond acceptors (Lipinski definition) is 5. The SMILES string of the molecule is CC(C)N1C(=O)C(=O)N(CC(=O)N2C[C@H](C)O[C@@H](C)C2)C1=O. The molecule has 0 aliphatic carbocycles. The number of amides is 5. The van der Waals surface area contributed by atoms with E-state index in [1.807, 2.05) is 13.8 Å². The van der Waals surface area contributed by atoms with Crippen LogP contribution in [0.3, 0.4) is 0 Å². The summed E-state index contributed by atoms with van der Waals surface area (Å²) in [5, 5.41) is 0. The summed E-state index contributed by atoms with van der Waals surface area (Å²) in [4.78, 5) is 51.3. The molecule has 8 heteroatoms. The zero-order valence-corrected chi connectivity index (χ0v) is 13.2. The summed E-state index contributed by atoms with van der Waals surface area (Å²) in [6.07, 6.45) is -0.210. The lowest BCUT2D eigenvalue weighted by Crippen LogP contribution is -2.52. The summed E-state index contributed by atoms with van der Waals surface area (Å²) in [7, 11) is 0. The second kappa shape index (κ2) is 6.04. The molecule has 0 saturated carbocycles. The van der Waals surface area contributed by atoms with Crippen LogP contribution < -0.4 is 0 Å². The number of hydrogen-bond donors (Lipinski definition) is 0. The van der Waals surface area contributed by atoms with Gasteiger partial charge in [-0.3, -0.25) is 19.3 Å².